The predicted molar refractivity (Wildman–Crippen MR) is 263 cm³/mol. The van der Waals surface area contributed by atoms with E-state index in [-0.39, 0.29) is 0 Å². The lowest BCUT2D eigenvalue weighted by atomic mass is 9.70. The molecule has 0 heterocycles. The summed E-state index contributed by atoms with van der Waals surface area (Å²) in [5.41, 5.74) is 21.0. The number of anilines is 6. The van der Waals surface area contributed by atoms with Crippen LogP contribution >= 0.6 is 0 Å². The second-order valence-electron chi connectivity index (χ2n) is 16.4. The minimum Gasteiger partial charge on any atom is -0.310 e. The van der Waals surface area contributed by atoms with Crippen LogP contribution in [0.5, 0.6) is 0 Å². The lowest BCUT2D eigenvalue weighted by Crippen LogP contribution is -2.26. The summed E-state index contributed by atoms with van der Waals surface area (Å²) in [5, 5.41) is 0. The quantitative estimate of drug-likeness (QED) is 0.151. The summed E-state index contributed by atoms with van der Waals surface area (Å²) >= 11 is 0. The van der Waals surface area contributed by atoms with Crippen molar-refractivity contribution < 1.29 is 0 Å². The molecule has 0 fully saturated rings. The Morgan fingerprint density at radius 2 is 0.587 bits per heavy atom. The van der Waals surface area contributed by atoms with Crippen LogP contribution < -0.4 is 9.80 Å². The Balaban J connectivity index is 1.18. The van der Waals surface area contributed by atoms with Crippen molar-refractivity contribution in [2.75, 3.05) is 9.80 Å². The van der Waals surface area contributed by atoms with Crippen molar-refractivity contribution in [2.24, 2.45) is 0 Å². The van der Waals surface area contributed by atoms with E-state index in [0.29, 0.717) is 0 Å². The van der Waals surface area contributed by atoms with Crippen molar-refractivity contribution in [2.45, 2.75) is 5.41 Å². The van der Waals surface area contributed by atoms with Crippen LogP contribution in [0.1, 0.15) is 22.3 Å². The van der Waals surface area contributed by atoms with Crippen LogP contribution in [-0.4, -0.2) is 0 Å². The number of fused-ring (bicyclic) bond motifs is 10. The third kappa shape index (κ3) is 5.87. The molecule has 0 saturated heterocycles. The van der Waals surface area contributed by atoms with Gasteiger partial charge in [-0.1, -0.05) is 194 Å². The second kappa shape index (κ2) is 15.1. The minimum atomic E-state index is -0.553. The van der Waals surface area contributed by atoms with Gasteiger partial charge in [-0.3, -0.25) is 0 Å². The molecule has 10 aromatic carbocycles. The number of hydrogen-bond acceptors (Lipinski definition) is 2. The highest BCUT2D eigenvalue weighted by Crippen LogP contribution is 2.65. The number of hydrogen-bond donors (Lipinski definition) is 0. The van der Waals surface area contributed by atoms with Crippen LogP contribution in [-0.2, 0) is 5.41 Å². The molecule has 0 radical (unpaired) electrons. The topological polar surface area (TPSA) is 6.48 Å². The van der Waals surface area contributed by atoms with Crippen LogP contribution in [0.25, 0.3) is 44.5 Å². The van der Waals surface area contributed by atoms with Gasteiger partial charge in [0.1, 0.15) is 0 Å². The molecule has 0 amide bonds. The van der Waals surface area contributed by atoms with Gasteiger partial charge >= 0.3 is 0 Å². The average Bonchev–Trinajstić information content (AvgIpc) is 3.83. The Bertz CT molecular complexity index is 3080. The standard InChI is InChI=1S/C61H42N2/c1-5-19-43(20-6-1)45-33-37-49(38-34-45)62(50-39-35-46(36-40-50)44-21-7-2-8-22-44)51-41-58-60(59(42-51)63(47-23-9-3-10-24-47)48-25-11-4-12-26-48)54-29-15-18-32-57(54)61(58)55-30-16-13-27-52(55)53-28-14-17-31-56(53)61/h1-42H. The van der Waals surface area contributed by atoms with Crippen molar-refractivity contribution in [1.82, 2.24) is 0 Å². The van der Waals surface area contributed by atoms with Crippen LogP contribution in [0.2, 0.25) is 0 Å². The smallest absolute Gasteiger partial charge is 0.0727 e. The molecular formula is C61H42N2. The van der Waals surface area contributed by atoms with E-state index in [4.69, 9.17) is 0 Å². The van der Waals surface area contributed by atoms with Gasteiger partial charge in [-0.25, -0.2) is 0 Å². The van der Waals surface area contributed by atoms with Crippen LogP contribution in [0.4, 0.5) is 34.1 Å². The Morgan fingerprint density at radius 1 is 0.238 bits per heavy atom. The second-order valence-corrected chi connectivity index (χ2v) is 16.4. The van der Waals surface area contributed by atoms with E-state index in [1.54, 1.807) is 0 Å². The molecular weight excluding hydrogens is 761 g/mol. The fourth-order valence-electron chi connectivity index (χ4n) is 10.4. The van der Waals surface area contributed by atoms with E-state index >= 15 is 0 Å². The Labute approximate surface area is 369 Å². The van der Waals surface area contributed by atoms with Crippen molar-refractivity contribution in [3.8, 4) is 44.5 Å². The molecule has 0 aromatic heterocycles. The number of para-hydroxylation sites is 2. The van der Waals surface area contributed by atoms with Gasteiger partial charge in [0.05, 0.1) is 11.1 Å². The number of benzene rings is 10. The van der Waals surface area contributed by atoms with E-state index in [1.165, 1.54) is 66.8 Å². The predicted octanol–water partition coefficient (Wildman–Crippen LogP) is 16.3. The molecule has 2 aliphatic carbocycles. The molecule has 1 spiro atoms. The average molecular weight is 803 g/mol. The third-order valence-electron chi connectivity index (χ3n) is 13.1. The van der Waals surface area contributed by atoms with Gasteiger partial charge in [0.2, 0.25) is 0 Å². The Morgan fingerprint density at radius 3 is 1.05 bits per heavy atom. The summed E-state index contributed by atoms with van der Waals surface area (Å²) in [6, 6.07) is 93.3. The molecule has 12 rings (SSSR count). The van der Waals surface area contributed by atoms with Crippen LogP contribution in [0, 0.1) is 0 Å². The largest absolute Gasteiger partial charge is 0.310 e. The van der Waals surface area contributed by atoms with Crippen molar-refractivity contribution >= 4 is 34.1 Å². The first-order valence-corrected chi connectivity index (χ1v) is 21.8. The van der Waals surface area contributed by atoms with E-state index in [2.05, 4.69) is 265 Å². The molecule has 2 nitrogen and oxygen atoms in total. The summed E-state index contributed by atoms with van der Waals surface area (Å²) in [6.07, 6.45) is 0. The van der Waals surface area contributed by atoms with Crippen molar-refractivity contribution in [3.63, 3.8) is 0 Å². The van der Waals surface area contributed by atoms with Gasteiger partial charge in [-0.2, -0.15) is 0 Å². The maximum atomic E-state index is 2.50. The minimum absolute atomic E-state index is 0.553. The maximum absolute atomic E-state index is 2.50. The summed E-state index contributed by atoms with van der Waals surface area (Å²) < 4.78 is 0. The summed E-state index contributed by atoms with van der Waals surface area (Å²) in [4.78, 5) is 4.91. The molecule has 296 valence electrons. The monoisotopic (exact) mass is 802 g/mol. The lowest BCUT2D eigenvalue weighted by molar-refractivity contribution is 0.793. The van der Waals surface area contributed by atoms with Crippen molar-refractivity contribution in [3.05, 3.63) is 277 Å². The molecule has 10 aromatic rings. The van der Waals surface area contributed by atoms with E-state index < -0.39 is 5.41 Å². The zero-order valence-corrected chi connectivity index (χ0v) is 34.6. The van der Waals surface area contributed by atoms with Crippen LogP contribution in [0.3, 0.4) is 0 Å². The zero-order valence-electron chi connectivity index (χ0n) is 34.6. The highest BCUT2D eigenvalue weighted by Gasteiger charge is 2.52. The molecule has 0 aliphatic heterocycles. The van der Waals surface area contributed by atoms with Crippen LogP contribution in [0.15, 0.2) is 255 Å². The Kier molecular flexibility index (Phi) is 8.76. The van der Waals surface area contributed by atoms with Crippen molar-refractivity contribution in [1.29, 1.82) is 0 Å². The summed E-state index contributed by atoms with van der Waals surface area (Å²) in [7, 11) is 0. The first-order valence-electron chi connectivity index (χ1n) is 21.8. The molecule has 0 bridgehead atoms. The highest BCUT2D eigenvalue weighted by molar-refractivity contribution is 6.03. The molecule has 63 heavy (non-hydrogen) atoms. The van der Waals surface area contributed by atoms with Gasteiger partial charge in [0, 0.05) is 34.0 Å². The van der Waals surface area contributed by atoms with E-state index in [9.17, 15) is 0 Å². The number of rotatable bonds is 8. The van der Waals surface area contributed by atoms with Gasteiger partial charge in [0.25, 0.3) is 0 Å². The van der Waals surface area contributed by atoms with Gasteiger partial charge < -0.3 is 9.80 Å². The summed E-state index contributed by atoms with van der Waals surface area (Å²) in [6.45, 7) is 0. The molecule has 0 atom stereocenters. The maximum Gasteiger partial charge on any atom is 0.0727 e. The normalized spacial score (nSPS) is 12.6. The Hall–Kier alpha value is -8.20. The summed E-state index contributed by atoms with van der Waals surface area (Å²) in [5.74, 6) is 0. The van der Waals surface area contributed by atoms with Gasteiger partial charge in [0.15, 0.2) is 0 Å². The SMILES string of the molecule is c1ccc(-c2ccc(N(c3ccc(-c4ccccc4)cc3)c3cc(N(c4ccccc4)c4ccccc4)c4c(c3)C3(c5ccccc5-c5ccccc53)c3ccccc3-4)cc2)cc1. The first-order chi connectivity index (χ1) is 31.3. The molecule has 0 saturated carbocycles. The molecule has 2 heteroatoms. The highest BCUT2D eigenvalue weighted by atomic mass is 15.2. The number of nitrogens with zero attached hydrogens (tertiary/aromatic N) is 2. The molecule has 0 unspecified atom stereocenters. The first kappa shape index (κ1) is 36.6. The fourth-order valence-corrected chi connectivity index (χ4v) is 10.4. The van der Waals surface area contributed by atoms with E-state index in [1.807, 2.05) is 0 Å². The molecule has 2 aliphatic rings. The third-order valence-corrected chi connectivity index (χ3v) is 13.1. The van der Waals surface area contributed by atoms with Gasteiger partial charge in [-0.15, -0.1) is 0 Å². The zero-order chi connectivity index (χ0) is 41.7. The molecule has 0 N–H and O–H groups in total. The fraction of sp³-hybridized carbons (Fsp3) is 0.0164. The van der Waals surface area contributed by atoms with Gasteiger partial charge in [-0.05, 0) is 122 Å². The lowest BCUT2D eigenvalue weighted by Gasteiger charge is -2.34. The van der Waals surface area contributed by atoms with E-state index in [0.717, 1.165) is 34.1 Å².